The molecule has 2 aromatic rings. The van der Waals surface area contributed by atoms with Crippen LogP contribution in [0.5, 0.6) is 0 Å². The predicted molar refractivity (Wildman–Crippen MR) is 73.7 cm³/mol. The van der Waals surface area contributed by atoms with E-state index in [1.807, 2.05) is 36.4 Å². The molecule has 0 spiro atoms. The third-order valence-electron chi connectivity index (χ3n) is 2.03. The van der Waals surface area contributed by atoms with Crippen molar-refractivity contribution in [2.45, 2.75) is 0 Å². The average molecular weight is 262 g/mol. The van der Waals surface area contributed by atoms with Gasteiger partial charge in [0.05, 0.1) is 10.8 Å². The molecule has 0 saturated heterocycles. The summed E-state index contributed by atoms with van der Waals surface area (Å²) in [6.07, 6.45) is 0. The molecule has 0 unspecified atom stereocenters. The highest BCUT2D eigenvalue weighted by Gasteiger charge is 1.97. The number of nitrogens with zero attached hydrogens (tertiary/aromatic N) is 2. The normalized spacial score (nSPS) is 9.47. The Bertz CT molecular complexity index is 562. The van der Waals surface area contributed by atoms with Gasteiger partial charge in [0.25, 0.3) is 0 Å². The lowest BCUT2D eigenvalue weighted by Crippen LogP contribution is -1.92. The van der Waals surface area contributed by atoms with Crippen molar-refractivity contribution in [1.29, 1.82) is 0 Å². The summed E-state index contributed by atoms with van der Waals surface area (Å²) < 4.78 is 0. The largest absolute Gasteiger partial charge is 0.340 e. The number of rotatable bonds is 3. The summed E-state index contributed by atoms with van der Waals surface area (Å²) in [5.41, 5.74) is 1.67. The lowest BCUT2D eigenvalue weighted by molar-refractivity contribution is 1.31. The van der Waals surface area contributed by atoms with E-state index in [9.17, 15) is 0 Å². The smallest absolute Gasteiger partial charge is 0.132 e. The zero-order chi connectivity index (χ0) is 12.1. The minimum absolute atomic E-state index is 0.455. The number of aliphatic imine (C=N–C) groups is 1. The zero-order valence-corrected chi connectivity index (χ0v) is 10.3. The van der Waals surface area contributed by atoms with Crippen molar-refractivity contribution in [2.24, 2.45) is 4.99 Å². The number of hydrogen-bond donors (Lipinski definition) is 1. The fourth-order valence-corrected chi connectivity index (χ4v) is 1.57. The van der Waals surface area contributed by atoms with E-state index in [0.29, 0.717) is 11.0 Å². The summed E-state index contributed by atoms with van der Waals surface area (Å²) in [4.78, 5) is 8.00. The van der Waals surface area contributed by atoms with Gasteiger partial charge in [-0.25, -0.2) is 4.98 Å². The van der Waals surface area contributed by atoms with Gasteiger partial charge in [0.1, 0.15) is 11.0 Å². The quantitative estimate of drug-likeness (QED) is 0.511. The summed E-state index contributed by atoms with van der Waals surface area (Å²) >= 11 is 10.3. The number of isothiocyanates is 1. The Balaban J connectivity index is 2.16. The van der Waals surface area contributed by atoms with Crippen LogP contribution in [0.3, 0.4) is 0 Å². The standard InChI is InChI=1S/C12H8ClN3S/c13-11-2-1-3-12(16-11)15-10-6-4-9(5-7-10)14-8-17/h1-7H,(H,15,16). The molecule has 1 aromatic carbocycles. The number of anilines is 2. The number of halogens is 1. The highest BCUT2D eigenvalue weighted by atomic mass is 35.5. The molecule has 1 aromatic heterocycles. The van der Waals surface area contributed by atoms with Gasteiger partial charge >= 0.3 is 0 Å². The zero-order valence-electron chi connectivity index (χ0n) is 8.72. The van der Waals surface area contributed by atoms with Crippen molar-refractivity contribution in [3.8, 4) is 0 Å². The van der Waals surface area contributed by atoms with Crippen LogP contribution < -0.4 is 5.32 Å². The van der Waals surface area contributed by atoms with E-state index in [2.05, 4.69) is 32.7 Å². The number of aromatic nitrogens is 1. The van der Waals surface area contributed by atoms with Crippen LogP contribution in [0.4, 0.5) is 17.2 Å². The molecule has 0 amide bonds. The highest BCUT2D eigenvalue weighted by Crippen LogP contribution is 2.19. The van der Waals surface area contributed by atoms with Gasteiger partial charge in [-0.3, -0.25) is 0 Å². The van der Waals surface area contributed by atoms with Crippen LogP contribution in [0.15, 0.2) is 47.5 Å². The van der Waals surface area contributed by atoms with Crippen molar-refractivity contribution >= 4 is 46.2 Å². The summed E-state index contributed by atoms with van der Waals surface area (Å²) in [7, 11) is 0. The van der Waals surface area contributed by atoms with Crippen molar-refractivity contribution in [2.75, 3.05) is 5.32 Å². The second kappa shape index (κ2) is 5.55. The van der Waals surface area contributed by atoms with E-state index >= 15 is 0 Å². The van der Waals surface area contributed by atoms with Crippen LogP contribution in [0, 0.1) is 0 Å². The fraction of sp³-hybridized carbons (Fsp3) is 0. The molecular formula is C12H8ClN3S. The minimum Gasteiger partial charge on any atom is -0.340 e. The fourth-order valence-electron chi connectivity index (χ4n) is 1.30. The Labute approximate surface area is 109 Å². The van der Waals surface area contributed by atoms with Gasteiger partial charge in [0.2, 0.25) is 0 Å². The number of thiocarbonyl (C=S) groups is 1. The van der Waals surface area contributed by atoms with E-state index < -0.39 is 0 Å². The number of pyridine rings is 1. The second-order valence-corrected chi connectivity index (χ2v) is 3.79. The third kappa shape index (κ3) is 3.36. The van der Waals surface area contributed by atoms with Gasteiger partial charge in [0.15, 0.2) is 0 Å². The molecule has 1 N–H and O–H groups in total. The first-order valence-electron chi connectivity index (χ1n) is 4.85. The van der Waals surface area contributed by atoms with Gasteiger partial charge in [-0.05, 0) is 48.6 Å². The highest BCUT2D eigenvalue weighted by molar-refractivity contribution is 7.78. The number of benzene rings is 1. The Morgan fingerprint density at radius 1 is 1.18 bits per heavy atom. The Kier molecular flexibility index (Phi) is 3.83. The van der Waals surface area contributed by atoms with Crippen molar-refractivity contribution in [3.05, 3.63) is 47.6 Å². The SMILES string of the molecule is S=C=Nc1ccc(Nc2cccc(Cl)n2)cc1. The van der Waals surface area contributed by atoms with Crippen LogP contribution in [0.25, 0.3) is 0 Å². The Morgan fingerprint density at radius 2 is 1.94 bits per heavy atom. The lowest BCUT2D eigenvalue weighted by atomic mass is 10.3. The summed E-state index contributed by atoms with van der Waals surface area (Å²) in [5, 5.41) is 5.90. The average Bonchev–Trinajstić information content (AvgIpc) is 2.32. The van der Waals surface area contributed by atoms with Crippen LogP contribution in [-0.2, 0) is 0 Å². The maximum absolute atomic E-state index is 5.79. The van der Waals surface area contributed by atoms with Crippen LogP contribution in [0.1, 0.15) is 0 Å². The topological polar surface area (TPSA) is 37.3 Å². The first kappa shape index (κ1) is 11.7. The van der Waals surface area contributed by atoms with E-state index in [4.69, 9.17) is 11.6 Å². The summed E-state index contributed by atoms with van der Waals surface area (Å²) in [6.45, 7) is 0. The summed E-state index contributed by atoms with van der Waals surface area (Å²) in [6, 6.07) is 12.8. The van der Waals surface area contributed by atoms with Gasteiger partial charge in [0, 0.05) is 5.69 Å². The third-order valence-corrected chi connectivity index (χ3v) is 2.33. The Hall–Kier alpha value is -1.74. The molecule has 0 radical (unpaired) electrons. The van der Waals surface area contributed by atoms with Gasteiger partial charge in [-0.15, -0.1) is 0 Å². The predicted octanol–water partition coefficient (Wildman–Crippen LogP) is 4.21. The lowest BCUT2D eigenvalue weighted by Gasteiger charge is -2.05. The first-order chi connectivity index (χ1) is 8.28. The molecule has 3 nitrogen and oxygen atoms in total. The number of hydrogen-bond acceptors (Lipinski definition) is 4. The molecular weight excluding hydrogens is 254 g/mol. The van der Waals surface area contributed by atoms with Crippen LogP contribution in [-0.4, -0.2) is 10.1 Å². The van der Waals surface area contributed by atoms with Crippen molar-refractivity contribution in [1.82, 2.24) is 4.98 Å². The van der Waals surface area contributed by atoms with Gasteiger partial charge in [-0.1, -0.05) is 17.7 Å². The van der Waals surface area contributed by atoms with E-state index in [1.54, 1.807) is 6.07 Å². The maximum Gasteiger partial charge on any atom is 0.132 e. The van der Waals surface area contributed by atoms with Crippen molar-refractivity contribution in [3.63, 3.8) is 0 Å². The molecule has 5 heteroatoms. The molecule has 0 atom stereocenters. The molecule has 0 aliphatic rings. The number of nitrogens with one attached hydrogen (secondary N) is 1. The van der Waals surface area contributed by atoms with Crippen LogP contribution >= 0.6 is 23.8 Å². The molecule has 0 aliphatic heterocycles. The minimum atomic E-state index is 0.455. The van der Waals surface area contributed by atoms with E-state index in [-0.39, 0.29) is 0 Å². The molecule has 0 fully saturated rings. The second-order valence-electron chi connectivity index (χ2n) is 3.22. The molecule has 84 valence electrons. The molecule has 17 heavy (non-hydrogen) atoms. The molecule has 0 bridgehead atoms. The van der Waals surface area contributed by atoms with Crippen molar-refractivity contribution < 1.29 is 0 Å². The van der Waals surface area contributed by atoms with Gasteiger partial charge < -0.3 is 5.32 Å². The molecule has 2 rings (SSSR count). The Morgan fingerprint density at radius 3 is 2.59 bits per heavy atom. The maximum atomic E-state index is 5.79. The first-order valence-corrected chi connectivity index (χ1v) is 5.64. The van der Waals surface area contributed by atoms with Gasteiger partial charge in [-0.2, -0.15) is 4.99 Å². The molecule has 0 saturated carbocycles. The summed E-state index contributed by atoms with van der Waals surface area (Å²) in [5.74, 6) is 0.698. The van der Waals surface area contributed by atoms with E-state index in [0.717, 1.165) is 11.4 Å². The molecule has 0 aliphatic carbocycles. The monoisotopic (exact) mass is 261 g/mol. The molecule has 1 heterocycles. The van der Waals surface area contributed by atoms with Crippen LogP contribution in [0.2, 0.25) is 5.15 Å². The van der Waals surface area contributed by atoms with E-state index in [1.165, 1.54) is 0 Å².